The molecule has 0 saturated carbocycles. The van der Waals surface area contributed by atoms with E-state index in [0.29, 0.717) is 12.1 Å². The maximum atomic E-state index is 11.0. The van der Waals surface area contributed by atoms with Gasteiger partial charge in [0.1, 0.15) is 4.60 Å². The fourth-order valence-electron chi connectivity index (χ4n) is 1.96. The van der Waals surface area contributed by atoms with Gasteiger partial charge in [-0.05, 0) is 53.5 Å². The lowest BCUT2D eigenvalue weighted by Gasteiger charge is -2.10. The first kappa shape index (κ1) is 14.5. The van der Waals surface area contributed by atoms with Crippen LogP contribution in [0.2, 0.25) is 0 Å². The molecule has 0 saturated heterocycles. The lowest BCUT2D eigenvalue weighted by molar-refractivity contribution is -0.385. The van der Waals surface area contributed by atoms with Crippen LogP contribution in [0.15, 0.2) is 34.9 Å². The van der Waals surface area contributed by atoms with Crippen molar-refractivity contribution in [3.8, 4) is 0 Å². The Morgan fingerprint density at radius 2 is 2.05 bits per heavy atom. The highest BCUT2D eigenvalue weighted by Gasteiger charge is 2.13. The summed E-state index contributed by atoms with van der Waals surface area (Å²) in [6.45, 7) is 4.18. The number of benzene rings is 1. The first-order valence-electron chi connectivity index (χ1n) is 6.08. The fourth-order valence-corrected chi connectivity index (χ4v) is 2.34. The molecular weight excluding hydrogens is 322 g/mol. The van der Waals surface area contributed by atoms with Crippen LogP contribution in [0.4, 0.5) is 11.4 Å². The van der Waals surface area contributed by atoms with Crippen LogP contribution in [0.3, 0.4) is 0 Å². The predicted octanol–water partition coefficient (Wildman–Crippen LogP) is 3.98. The third-order valence-electron chi connectivity index (χ3n) is 2.97. The van der Waals surface area contributed by atoms with Crippen molar-refractivity contribution in [2.45, 2.75) is 20.4 Å². The van der Waals surface area contributed by atoms with E-state index in [1.54, 1.807) is 13.0 Å². The van der Waals surface area contributed by atoms with E-state index in [1.807, 2.05) is 31.2 Å². The van der Waals surface area contributed by atoms with E-state index in [2.05, 4.69) is 26.2 Å². The van der Waals surface area contributed by atoms with Crippen molar-refractivity contribution in [3.05, 3.63) is 61.9 Å². The molecule has 0 spiro atoms. The summed E-state index contributed by atoms with van der Waals surface area (Å²) in [4.78, 5) is 14.9. The molecule has 0 aliphatic heterocycles. The molecule has 0 amide bonds. The SMILES string of the molecule is Cc1cc(C)c([N+](=O)[O-])cc1NCc1cccc(Br)n1. The summed E-state index contributed by atoms with van der Waals surface area (Å²) >= 11 is 3.31. The van der Waals surface area contributed by atoms with Crippen LogP contribution >= 0.6 is 15.9 Å². The molecule has 1 aromatic carbocycles. The Hall–Kier alpha value is -1.95. The van der Waals surface area contributed by atoms with Gasteiger partial charge in [0.15, 0.2) is 0 Å². The van der Waals surface area contributed by atoms with Gasteiger partial charge in [0.2, 0.25) is 0 Å². The molecule has 0 aliphatic carbocycles. The first-order valence-corrected chi connectivity index (χ1v) is 6.87. The topological polar surface area (TPSA) is 68.1 Å². The van der Waals surface area contributed by atoms with E-state index in [0.717, 1.165) is 21.5 Å². The average molecular weight is 336 g/mol. The lowest BCUT2D eigenvalue weighted by atomic mass is 10.1. The summed E-state index contributed by atoms with van der Waals surface area (Å²) in [6, 6.07) is 9.04. The number of anilines is 1. The molecule has 0 atom stereocenters. The minimum atomic E-state index is -0.364. The summed E-state index contributed by atoms with van der Waals surface area (Å²) in [5, 5.41) is 14.2. The van der Waals surface area contributed by atoms with Crippen molar-refractivity contribution in [1.29, 1.82) is 0 Å². The Balaban J connectivity index is 2.21. The third-order valence-corrected chi connectivity index (χ3v) is 3.41. The zero-order valence-electron chi connectivity index (χ0n) is 11.2. The number of nitro groups is 1. The number of rotatable bonds is 4. The van der Waals surface area contributed by atoms with Crippen LogP contribution in [0.5, 0.6) is 0 Å². The van der Waals surface area contributed by atoms with Crippen molar-refractivity contribution in [2.75, 3.05) is 5.32 Å². The number of hydrogen-bond donors (Lipinski definition) is 1. The molecular formula is C14H14BrN3O2. The Morgan fingerprint density at radius 3 is 2.70 bits per heavy atom. The summed E-state index contributed by atoms with van der Waals surface area (Å²) in [5.41, 5.74) is 3.38. The van der Waals surface area contributed by atoms with Crippen molar-refractivity contribution >= 4 is 27.3 Å². The second-order valence-corrected chi connectivity index (χ2v) is 5.33. The van der Waals surface area contributed by atoms with E-state index in [1.165, 1.54) is 0 Å². The van der Waals surface area contributed by atoms with E-state index in [4.69, 9.17) is 0 Å². The number of nitro benzene ring substituents is 1. The molecule has 0 radical (unpaired) electrons. The van der Waals surface area contributed by atoms with Gasteiger partial charge in [-0.15, -0.1) is 0 Å². The summed E-state index contributed by atoms with van der Waals surface area (Å²) in [6.07, 6.45) is 0. The van der Waals surface area contributed by atoms with Gasteiger partial charge in [-0.1, -0.05) is 6.07 Å². The Bertz CT molecular complexity index is 659. The Kier molecular flexibility index (Phi) is 4.34. The van der Waals surface area contributed by atoms with Gasteiger partial charge in [-0.3, -0.25) is 10.1 Å². The normalized spacial score (nSPS) is 10.3. The standard InChI is InChI=1S/C14H14BrN3O2/c1-9-6-10(2)13(18(19)20)7-12(9)16-8-11-4-3-5-14(15)17-11/h3-7,16H,8H2,1-2H3. The highest BCUT2D eigenvalue weighted by Crippen LogP contribution is 2.26. The molecule has 0 unspecified atom stereocenters. The Morgan fingerprint density at radius 1 is 1.30 bits per heavy atom. The summed E-state index contributed by atoms with van der Waals surface area (Å²) < 4.78 is 0.767. The van der Waals surface area contributed by atoms with Crippen molar-refractivity contribution < 1.29 is 4.92 Å². The molecule has 104 valence electrons. The van der Waals surface area contributed by atoms with Gasteiger partial charge in [0.05, 0.1) is 17.2 Å². The second-order valence-electron chi connectivity index (χ2n) is 4.52. The molecule has 0 aliphatic rings. The van der Waals surface area contributed by atoms with E-state index in [9.17, 15) is 10.1 Å². The minimum absolute atomic E-state index is 0.125. The molecule has 2 rings (SSSR count). The number of nitrogens with one attached hydrogen (secondary N) is 1. The maximum absolute atomic E-state index is 11.0. The monoisotopic (exact) mass is 335 g/mol. The number of hydrogen-bond acceptors (Lipinski definition) is 4. The first-order chi connectivity index (χ1) is 9.47. The Labute approximate surface area is 125 Å². The highest BCUT2D eigenvalue weighted by atomic mass is 79.9. The van der Waals surface area contributed by atoms with Crippen LogP contribution in [-0.2, 0) is 6.54 Å². The molecule has 20 heavy (non-hydrogen) atoms. The van der Waals surface area contributed by atoms with Gasteiger partial charge in [0.25, 0.3) is 5.69 Å². The average Bonchev–Trinajstić information content (AvgIpc) is 2.37. The van der Waals surface area contributed by atoms with E-state index in [-0.39, 0.29) is 10.6 Å². The van der Waals surface area contributed by atoms with Gasteiger partial charge in [-0.25, -0.2) is 4.98 Å². The number of nitrogens with zero attached hydrogens (tertiary/aromatic N) is 2. The zero-order chi connectivity index (χ0) is 14.7. The molecule has 1 heterocycles. The number of pyridine rings is 1. The van der Waals surface area contributed by atoms with Gasteiger partial charge in [-0.2, -0.15) is 0 Å². The van der Waals surface area contributed by atoms with Crippen LogP contribution in [0.25, 0.3) is 0 Å². The molecule has 2 aromatic rings. The number of halogens is 1. The summed E-state index contributed by atoms with van der Waals surface area (Å²) in [5.74, 6) is 0. The van der Waals surface area contributed by atoms with Crippen LogP contribution in [-0.4, -0.2) is 9.91 Å². The van der Waals surface area contributed by atoms with Gasteiger partial charge in [0, 0.05) is 17.3 Å². The van der Waals surface area contributed by atoms with Crippen LogP contribution in [0.1, 0.15) is 16.8 Å². The molecule has 0 bridgehead atoms. The third kappa shape index (κ3) is 3.33. The van der Waals surface area contributed by atoms with Gasteiger partial charge < -0.3 is 5.32 Å². The molecule has 6 heteroatoms. The second kappa shape index (κ2) is 6.00. The molecule has 1 aromatic heterocycles. The van der Waals surface area contributed by atoms with Gasteiger partial charge >= 0.3 is 0 Å². The quantitative estimate of drug-likeness (QED) is 0.521. The zero-order valence-corrected chi connectivity index (χ0v) is 12.8. The molecule has 0 fully saturated rings. The predicted molar refractivity (Wildman–Crippen MR) is 81.8 cm³/mol. The lowest BCUT2D eigenvalue weighted by Crippen LogP contribution is -2.04. The van der Waals surface area contributed by atoms with E-state index >= 15 is 0 Å². The van der Waals surface area contributed by atoms with Crippen molar-refractivity contribution in [2.24, 2.45) is 0 Å². The highest BCUT2D eigenvalue weighted by molar-refractivity contribution is 9.10. The van der Waals surface area contributed by atoms with Crippen molar-refractivity contribution in [1.82, 2.24) is 4.98 Å². The van der Waals surface area contributed by atoms with Crippen molar-refractivity contribution in [3.63, 3.8) is 0 Å². The largest absolute Gasteiger partial charge is 0.379 e. The van der Waals surface area contributed by atoms with E-state index < -0.39 is 0 Å². The number of aromatic nitrogens is 1. The maximum Gasteiger partial charge on any atom is 0.274 e. The fraction of sp³-hybridized carbons (Fsp3) is 0.214. The smallest absolute Gasteiger partial charge is 0.274 e. The minimum Gasteiger partial charge on any atom is -0.379 e. The number of aryl methyl sites for hydroxylation is 2. The molecule has 1 N–H and O–H groups in total. The summed E-state index contributed by atoms with van der Waals surface area (Å²) in [7, 11) is 0. The molecule has 5 nitrogen and oxygen atoms in total. The van der Waals surface area contributed by atoms with Crippen LogP contribution in [0, 0.1) is 24.0 Å². The van der Waals surface area contributed by atoms with Crippen LogP contribution < -0.4 is 5.32 Å².